The summed E-state index contributed by atoms with van der Waals surface area (Å²) in [5.41, 5.74) is 3.68. The number of benzene rings is 2. The summed E-state index contributed by atoms with van der Waals surface area (Å²) in [6.45, 7) is 0. The minimum Gasteiger partial charge on any atom is -0.497 e. The molecule has 0 saturated carbocycles. The highest BCUT2D eigenvalue weighted by atomic mass is 35.5. The number of hydrogen-bond donors (Lipinski definition) is 1. The van der Waals surface area contributed by atoms with Gasteiger partial charge in [0.1, 0.15) is 17.5 Å². The molecule has 4 aromatic rings. The summed E-state index contributed by atoms with van der Waals surface area (Å²) in [5, 5.41) is 4.74. The summed E-state index contributed by atoms with van der Waals surface area (Å²) in [4.78, 5) is 6.72. The van der Waals surface area contributed by atoms with Crippen molar-refractivity contribution >= 4 is 34.6 Å². The third-order valence-corrected chi connectivity index (χ3v) is 6.46. The molecule has 0 radical (unpaired) electrons. The maximum absolute atomic E-state index is 6.32. The average molecular weight is 491 g/mol. The van der Waals surface area contributed by atoms with Crippen molar-refractivity contribution in [3.05, 3.63) is 102 Å². The molecular formula is C26H23ClN4O2S. The second kappa shape index (κ2) is 9.37. The molecule has 172 valence electrons. The normalized spacial score (nSPS) is 17.5. The van der Waals surface area contributed by atoms with E-state index in [9.17, 15) is 0 Å². The highest BCUT2D eigenvalue weighted by molar-refractivity contribution is 7.80. The highest BCUT2D eigenvalue weighted by Crippen LogP contribution is 2.46. The molecule has 2 aromatic carbocycles. The number of halogens is 1. The van der Waals surface area contributed by atoms with Crippen LogP contribution in [0, 0.1) is 0 Å². The summed E-state index contributed by atoms with van der Waals surface area (Å²) in [5.74, 6) is 1.40. The Labute approximate surface area is 208 Å². The fourth-order valence-electron chi connectivity index (χ4n) is 4.40. The summed E-state index contributed by atoms with van der Waals surface area (Å²) < 4.78 is 13.4. The molecule has 8 heteroatoms. The first kappa shape index (κ1) is 22.3. The van der Waals surface area contributed by atoms with Crippen LogP contribution in [0.3, 0.4) is 0 Å². The van der Waals surface area contributed by atoms with Crippen LogP contribution >= 0.6 is 23.8 Å². The lowest BCUT2D eigenvalue weighted by Gasteiger charge is -2.30. The Morgan fingerprint density at radius 3 is 2.59 bits per heavy atom. The number of nitrogens with zero attached hydrogens (tertiary/aromatic N) is 3. The first-order valence-corrected chi connectivity index (χ1v) is 11.5. The van der Waals surface area contributed by atoms with Gasteiger partial charge in [0, 0.05) is 34.9 Å². The van der Waals surface area contributed by atoms with Crippen molar-refractivity contribution in [2.45, 2.75) is 12.1 Å². The van der Waals surface area contributed by atoms with Crippen molar-refractivity contribution < 1.29 is 9.47 Å². The van der Waals surface area contributed by atoms with E-state index in [0.717, 1.165) is 22.8 Å². The van der Waals surface area contributed by atoms with E-state index in [2.05, 4.69) is 25.8 Å². The van der Waals surface area contributed by atoms with Crippen LogP contribution in [0.2, 0.25) is 5.02 Å². The third-order valence-electron chi connectivity index (χ3n) is 5.91. The molecule has 1 N–H and O–H groups in total. The van der Waals surface area contributed by atoms with Gasteiger partial charge in [0.15, 0.2) is 5.11 Å². The van der Waals surface area contributed by atoms with Gasteiger partial charge in [0.25, 0.3) is 0 Å². The molecule has 2 unspecified atom stereocenters. The lowest BCUT2D eigenvalue weighted by atomic mass is 10.0. The molecule has 1 saturated heterocycles. The number of pyridine rings is 1. The van der Waals surface area contributed by atoms with E-state index in [-0.39, 0.29) is 12.1 Å². The molecule has 0 bridgehead atoms. The van der Waals surface area contributed by atoms with Gasteiger partial charge in [0.2, 0.25) is 0 Å². The lowest BCUT2D eigenvalue weighted by Crippen LogP contribution is -2.30. The van der Waals surface area contributed by atoms with Gasteiger partial charge in [0.05, 0.1) is 31.6 Å². The molecule has 1 fully saturated rings. The van der Waals surface area contributed by atoms with Gasteiger partial charge in [-0.25, -0.2) is 0 Å². The minimum absolute atomic E-state index is 0.197. The standard InChI is InChI=1S/C26H23ClN4O2S/c1-32-19-11-12-23(33-2)22(16-19)31-25(24(29-26(31)34)20-9-3-4-13-28-20)21-10-6-14-30(21)18-8-5-7-17(27)15-18/h3-16,24-25H,1-2H3,(H,29,34). The zero-order chi connectivity index (χ0) is 23.7. The molecular weight excluding hydrogens is 468 g/mol. The van der Waals surface area contributed by atoms with Gasteiger partial charge in [-0.1, -0.05) is 23.7 Å². The van der Waals surface area contributed by atoms with Crippen LogP contribution < -0.4 is 19.7 Å². The summed E-state index contributed by atoms with van der Waals surface area (Å²) in [6, 6.07) is 23.1. The van der Waals surface area contributed by atoms with Gasteiger partial charge in [-0.3, -0.25) is 4.98 Å². The van der Waals surface area contributed by atoms with Crippen molar-refractivity contribution in [2.75, 3.05) is 19.1 Å². The summed E-state index contributed by atoms with van der Waals surface area (Å²) in [7, 11) is 3.29. The minimum atomic E-state index is -0.225. The number of aromatic nitrogens is 2. The molecule has 6 nitrogen and oxygen atoms in total. The molecule has 2 atom stereocenters. The van der Waals surface area contributed by atoms with Gasteiger partial charge in [-0.2, -0.15) is 0 Å². The molecule has 1 aliphatic rings. The summed E-state index contributed by atoms with van der Waals surface area (Å²) in [6.07, 6.45) is 3.82. The Hall–Kier alpha value is -3.55. The van der Waals surface area contributed by atoms with E-state index in [0.29, 0.717) is 21.6 Å². The molecule has 5 rings (SSSR count). The number of thiocarbonyl (C=S) groups is 1. The van der Waals surface area contributed by atoms with Crippen LogP contribution in [-0.2, 0) is 0 Å². The number of nitrogens with one attached hydrogen (secondary N) is 1. The predicted molar refractivity (Wildman–Crippen MR) is 138 cm³/mol. The topological polar surface area (TPSA) is 51.6 Å². The highest BCUT2D eigenvalue weighted by Gasteiger charge is 2.43. The van der Waals surface area contributed by atoms with Crippen molar-refractivity contribution in [3.8, 4) is 17.2 Å². The van der Waals surface area contributed by atoms with E-state index in [1.807, 2.05) is 72.9 Å². The number of ether oxygens (including phenoxy) is 2. The van der Waals surface area contributed by atoms with Crippen LogP contribution in [-0.4, -0.2) is 28.9 Å². The predicted octanol–water partition coefficient (Wildman–Crippen LogP) is 5.72. The fraction of sp³-hybridized carbons (Fsp3) is 0.154. The van der Waals surface area contributed by atoms with Crippen molar-refractivity contribution in [1.82, 2.24) is 14.9 Å². The van der Waals surface area contributed by atoms with E-state index in [1.54, 1.807) is 20.4 Å². The Bertz CT molecular complexity index is 1330. The van der Waals surface area contributed by atoms with Crippen LogP contribution in [0.1, 0.15) is 23.5 Å². The van der Waals surface area contributed by atoms with E-state index < -0.39 is 0 Å². The van der Waals surface area contributed by atoms with E-state index >= 15 is 0 Å². The molecule has 34 heavy (non-hydrogen) atoms. The molecule has 1 aliphatic heterocycles. The Morgan fingerprint density at radius 1 is 0.971 bits per heavy atom. The van der Waals surface area contributed by atoms with Crippen molar-refractivity contribution in [2.24, 2.45) is 0 Å². The maximum atomic E-state index is 6.32. The third kappa shape index (κ3) is 3.97. The maximum Gasteiger partial charge on any atom is 0.174 e. The monoisotopic (exact) mass is 490 g/mol. The number of methoxy groups -OCH3 is 2. The number of hydrogen-bond acceptors (Lipinski definition) is 4. The average Bonchev–Trinajstić information content (AvgIpc) is 3.48. The van der Waals surface area contributed by atoms with E-state index in [4.69, 9.17) is 33.3 Å². The van der Waals surface area contributed by atoms with Crippen LogP contribution in [0.4, 0.5) is 5.69 Å². The second-order valence-corrected chi connectivity index (χ2v) is 8.64. The first-order valence-electron chi connectivity index (χ1n) is 10.8. The van der Waals surface area contributed by atoms with Gasteiger partial charge < -0.3 is 24.3 Å². The van der Waals surface area contributed by atoms with Crippen LogP contribution in [0.25, 0.3) is 5.69 Å². The Kier molecular flexibility index (Phi) is 6.13. The zero-order valence-electron chi connectivity index (χ0n) is 18.7. The number of anilines is 1. The second-order valence-electron chi connectivity index (χ2n) is 7.82. The first-order chi connectivity index (χ1) is 16.6. The molecule has 0 aliphatic carbocycles. The van der Waals surface area contributed by atoms with Crippen molar-refractivity contribution in [1.29, 1.82) is 0 Å². The number of rotatable bonds is 6. The SMILES string of the molecule is COc1ccc(OC)c(N2C(=S)NC(c3ccccn3)C2c2cccn2-c2cccc(Cl)c2)c1. The lowest BCUT2D eigenvalue weighted by molar-refractivity contribution is 0.402. The van der Waals surface area contributed by atoms with E-state index in [1.165, 1.54) is 0 Å². The molecule has 0 spiro atoms. The summed E-state index contributed by atoms with van der Waals surface area (Å²) >= 11 is 12.2. The quantitative estimate of drug-likeness (QED) is 0.349. The zero-order valence-corrected chi connectivity index (χ0v) is 20.3. The fourth-order valence-corrected chi connectivity index (χ4v) is 4.92. The molecule has 2 aromatic heterocycles. The Balaban J connectivity index is 1.71. The molecule has 0 amide bonds. The van der Waals surface area contributed by atoms with Gasteiger partial charge in [-0.15, -0.1) is 0 Å². The van der Waals surface area contributed by atoms with Crippen LogP contribution in [0.15, 0.2) is 85.2 Å². The van der Waals surface area contributed by atoms with Crippen LogP contribution in [0.5, 0.6) is 11.5 Å². The van der Waals surface area contributed by atoms with Crippen molar-refractivity contribution in [3.63, 3.8) is 0 Å². The molecule has 3 heterocycles. The largest absolute Gasteiger partial charge is 0.497 e. The Morgan fingerprint density at radius 2 is 1.85 bits per heavy atom. The van der Waals surface area contributed by atoms with Gasteiger partial charge >= 0.3 is 0 Å². The van der Waals surface area contributed by atoms with Gasteiger partial charge in [-0.05, 0) is 66.8 Å². The smallest absolute Gasteiger partial charge is 0.174 e.